The zero-order chi connectivity index (χ0) is 15.3. The number of carboxylic acid groups (broad SMARTS) is 1. The van der Waals surface area contributed by atoms with E-state index in [9.17, 15) is 14.0 Å². The van der Waals surface area contributed by atoms with Crippen molar-refractivity contribution in [2.45, 2.75) is 32.4 Å². The third-order valence-electron chi connectivity index (χ3n) is 3.06. The zero-order valence-electron chi connectivity index (χ0n) is 11.2. The molecule has 110 valence electrons. The van der Waals surface area contributed by atoms with Gasteiger partial charge in [-0.3, -0.25) is 0 Å². The topological polar surface area (TPSA) is 78.4 Å². The van der Waals surface area contributed by atoms with Crippen LogP contribution in [0.4, 0.5) is 9.18 Å². The molecule has 0 bridgehead atoms. The Bertz CT molecular complexity index is 504. The van der Waals surface area contributed by atoms with E-state index < -0.39 is 23.4 Å². The van der Waals surface area contributed by atoms with Crippen molar-refractivity contribution in [1.29, 1.82) is 0 Å². The first-order valence-electron chi connectivity index (χ1n) is 6.02. The molecule has 0 aliphatic carbocycles. The van der Waals surface area contributed by atoms with Crippen LogP contribution in [0.5, 0.6) is 0 Å². The smallest absolute Gasteiger partial charge is 0.329 e. The molecule has 0 spiro atoms. The molecule has 0 aliphatic rings. The van der Waals surface area contributed by atoms with E-state index in [2.05, 4.69) is 10.6 Å². The van der Waals surface area contributed by atoms with Crippen LogP contribution in [0, 0.1) is 5.82 Å². The molecule has 1 atom stereocenters. The molecule has 5 nitrogen and oxygen atoms in total. The van der Waals surface area contributed by atoms with Crippen LogP contribution in [-0.2, 0) is 11.3 Å². The second-order valence-corrected chi connectivity index (χ2v) is 4.91. The first kappa shape index (κ1) is 16.2. The number of carbonyl (C=O) groups is 2. The monoisotopic (exact) mass is 302 g/mol. The molecular formula is C13H16ClFN2O3. The zero-order valence-corrected chi connectivity index (χ0v) is 11.9. The summed E-state index contributed by atoms with van der Waals surface area (Å²) in [4.78, 5) is 22.7. The van der Waals surface area contributed by atoms with Crippen LogP contribution in [0.25, 0.3) is 0 Å². The Labute approximate surface area is 121 Å². The number of amides is 2. The second-order valence-electron chi connectivity index (χ2n) is 4.50. The Morgan fingerprint density at radius 2 is 2.10 bits per heavy atom. The molecule has 0 heterocycles. The van der Waals surface area contributed by atoms with Crippen LogP contribution < -0.4 is 10.6 Å². The number of carboxylic acids is 1. The van der Waals surface area contributed by atoms with Gasteiger partial charge in [-0.15, -0.1) is 0 Å². The van der Waals surface area contributed by atoms with E-state index >= 15 is 0 Å². The highest BCUT2D eigenvalue weighted by Crippen LogP contribution is 2.18. The summed E-state index contributed by atoms with van der Waals surface area (Å²) < 4.78 is 13.5. The lowest BCUT2D eigenvalue weighted by atomic mass is 10.00. The van der Waals surface area contributed by atoms with Gasteiger partial charge >= 0.3 is 12.0 Å². The molecule has 0 radical (unpaired) electrons. The van der Waals surface area contributed by atoms with Crippen molar-refractivity contribution in [1.82, 2.24) is 10.6 Å². The Morgan fingerprint density at radius 1 is 1.45 bits per heavy atom. The van der Waals surface area contributed by atoms with E-state index in [1.165, 1.54) is 25.1 Å². The highest BCUT2D eigenvalue weighted by Gasteiger charge is 2.32. The normalized spacial score (nSPS) is 13.4. The van der Waals surface area contributed by atoms with Gasteiger partial charge in [0.2, 0.25) is 0 Å². The minimum absolute atomic E-state index is 0.128. The molecule has 1 rings (SSSR count). The summed E-state index contributed by atoms with van der Waals surface area (Å²) in [5, 5.41) is 14.0. The third-order valence-corrected chi connectivity index (χ3v) is 3.41. The molecule has 1 aromatic rings. The van der Waals surface area contributed by atoms with Gasteiger partial charge in [-0.25, -0.2) is 14.0 Å². The molecule has 1 aromatic carbocycles. The largest absolute Gasteiger partial charge is 0.480 e. The lowest BCUT2D eigenvalue weighted by Crippen LogP contribution is -2.54. The van der Waals surface area contributed by atoms with Gasteiger partial charge in [-0.05, 0) is 25.5 Å². The first-order chi connectivity index (χ1) is 9.30. The molecule has 20 heavy (non-hydrogen) atoms. The van der Waals surface area contributed by atoms with Gasteiger partial charge in [-0.2, -0.15) is 0 Å². The van der Waals surface area contributed by atoms with Crippen LogP contribution in [0.2, 0.25) is 5.02 Å². The van der Waals surface area contributed by atoms with Crippen molar-refractivity contribution in [3.05, 3.63) is 34.6 Å². The summed E-state index contributed by atoms with van der Waals surface area (Å²) in [5.74, 6) is -1.67. The number of benzene rings is 1. The number of nitrogens with one attached hydrogen (secondary N) is 2. The van der Waals surface area contributed by atoms with E-state index in [4.69, 9.17) is 16.7 Å². The van der Waals surface area contributed by atoms with Gasteiger partial charge in [0.25, 0.3) is 0 Å². The molecule has 0 saturated carbocycles. The predicted molar refractivity (Wildman–Crippen MR) is 73.1 cm³/mol. The Kier molecular flexibility index (Phi) is 5.33. The average molecular weight is 303 g/mol. The summed E-state index contributed by atoms with van der Waals surface area (Å²) in [6, 6.07) is 3.50. The van der Waals surface area contributed by atoms with Gasteiger partial charge < -0.3 is 15.7 Å². The van der Waals surface area contributed by atoms with Crippen LogP contribution >= 0.6 is 11.6 Å². The fourth-order valence-corrected chi connectivity index (χ4v) is 1.69. The summed E-state index contributed by atoms with van der Waals surface area (Å²) in [6.45, 7) is 2.91. The van der Waals surface area contributed by atoms with Crippen LogP contribution in [0.1, 0.15) is 25.8 Å². The summed E-state index contributed by atoms with van der Waals surface area (Å²) in [7, 11) is 0. The lowest BCUT2D eigenvalue weighted by molar-refractivity contribution is -0.143. The number of rotatable bonds is 5. The molecule has 0 aromatic heterocycles. The number of urea groups is 1. The molecular weight excluding hydrogens is 287 g/mol. The molecule has 7 heteroatoms. The molecule has 2 amide bonds. The quantitative estimate of drug-likeness (QED) is 0.782. The van der Waals surface area contributed by atoms with Crippen molar-refractivity contribution in [2.75, 3.05) is 0 Å². The SMILES string of the molecule is CCC(C)(NC(=O)NCc1c(F)cccc1Cl)C(=O)O. The Hall–Kier alpha value is -1.82. The lowest BCUT2D eigenvalue weighted by Gasteiger charge is -2.24. The first-order valence-corrected chi connectivity index (χ1v) is 6.40. The van der Waals surface area contributed by atoms with Gasteiger partial charge in [0.1, 0.15) is 11.4 Å². The van der Waals surface area contributed by atoms with Crippen molar-refractivity contribution >= 4 is 23.6 Å². The van der Waals surface area contributed by atoms with Gasteiger partial charge in [0, 0.05) is 17.1 Å². The van der Waals surface area contributed by atoms with Crippen molar-refractivity contribution < 1.29 is 19.1 Å². The fraction of sp³-hybridized carbons (Fsp3) is 0.385. The summed E-state index contributed by atoms with van der Waals surface area (Å²) >= 11 is 5.82. The Balaban J connectivity index is 2.67. The van der Waals surface area contributed by atoms with E-state index in [1.807, 2.05) is 0 Å². The maximum Gasteiger partial charge on any atom is 0.329 e. The van der Waals surface area contributed by atoms with Gasteiger partial charge in [-0.1, -0.05) is 24.6 Å². The van der Waals surface area contributed by atoms with Gasteiger partial charge in [0.05, 0.1) is 0 Å². The maximum absolute atomic E-state index is 13.5. The summed E-state index contributed by atoms with van der Waals surface area (Å²) in [6.07, 6.45) is 0.218. The van der Waals surface area contributed by atoms with E-state index in [-0.39, 0.29) is 23.6 Å². The fourth-order valence-electron chi connectivity index (χ4n) is 1.46. The number of hydrogen-bond donors (Lipinski definition) is 3. The number of hydrogen-bond acceptors (Lipinski definition) is 2. The Morgan fingerprint density at radius 3 is 2.60 bits per heavy atom. The molecule has 0 fully saturated rings. The molecule has 1 unspecified atom stereocenters. The highest BCUT2D eigenvalue weighted by molar-refractivity contribution is 6.31. The minimum atomic E-state index is -1.37. The molecule has 0 saturated heterocycles. The highest BCUT2D eigenvalue weighted by atomic mass is 35.5. The maximum atomic E-state index is 13.5. The van der Waals surface area contributed by atoms with E-state index in [0.29, 0.717) is 0 Å². The van der Waals surface area contributed by atoms with Crippen LogP contribution in [0.3, 0.4) is 0 Å². The summed E-state index contributed by atoms with van der Waals surface area (Å²) in [5.41, 5.74) is -1.22. The van der Waals surface area contributed by atoms with Crippen LogP contribution in [-0.4, -0.2) is 22.6 Å². The number of aliphatic carboxylic acids is 1. The van der Waals surface area contributed by atoms with Crippen molar-refractivity contribution in [3.8, 4) is 0 Å². The molecule has 3 N–H and O–H groups in total. The van der Waals surface area contributed by atoms with E-state index in [0.717, 1.165) is 0 Å². The van der Waals surface area contributed by atoms with Crippen LogP contribution in [0.15, 0.2) is 18.2 Å². The van der Waals surface area contributed by atoms with Crippen molar-refractivity contribution in [2.24, 2.45) is 0 Å². The standard InChI is InChI=1S/C13H16ClFN2O3/c1-3-13(2,11(18)19)17-12(20)16-7-8-9(14)5-4-6-10(8)15/h4-6H,3,7H2,1-2H3,(H,18,19)(H2,16,17,20). The average Bonchev–Trinajstić information content (AvgIpc) is 2.37. The third kappa shape index (κ3) is 3.84. The molecule has 0 aliphatic heterocycles. The van der Waals surface area contributed by atoms with Crippen molar-refractivity contribution in [3.63, 3.8) is 0 Å². The second kappa shape index (κ2) is 6.56. The number of carbonyl (C=O) groups excluding carboxylic acids is 1. The predicted octanol–water partition coefficient (Wildman–Crippen LogP) is 2.53. The van der Waals surface area contributed by atoms with Gasteiger partial charge in [0.15, 0.2) is 0 Å². The number of halogens is 2. The minimum Gasteiger partial charge on any atom is -0.480 e. The van der Waals surface area contributed by atoms with E-state index in [1.54, 1.807) is 6.92 Å².